The first kappa shape index (κ1) is 21.1. The highest BCUT2D eigenvalue weighted by Gasteiger charge is 2.28. The molecule has 162 valence electrons. The summed E-state index contributed by atoms with van der Waals surface area (Å²) in [5.41, 5.74) is 3.82. The minimum atomic E-state index is 0.0683. The maximum absolute atomic E-state index is 13.7. The van der Waals surface area contributed by atoms with E-state index >= 15 is 0 Å². The molecule has 0 saturated carbocycles. The highest BCUT2D eigenvalue weighted by Crippen LogP contribution is 2.24. The van der Waals surface area contributed by atoms with Gasteiger partial charge in [-0.3, -0.25) is 4.79 Å². The normalized spacial score (nSPS) is 15.1. The standard InChI is InChI=1S/C25H30N4O2/c1-19-5-8-21(17-24(19)29-14-4-13-26-29)25(30)28(22-11-15-27(2)16-12-22)18-20-6-9-23(31-3)10-7-20/h4-10,13-14,17,22H,11-12,15-16,18H2,1-3H3. The third-order valence-electron chi connectivity index (χ3n) is 6.11. The van der Waals surface area contributed by atoms with Gasteiger partial charge < -0.3 is 14.5 Å². The number of methoxy groups -OCH3 is 1. The third kappa shape index (κ3) is 4.80. The van der Waals surface area contributed by atoms with Gasteiger partial charge in [-0.25, -0.2) is 4.68 Å². The number of carbonyl (C=O) groups is 1. The maximum atomic E-state index is 13.7. The number of hydrogen-bond acceptors (Lipinski definition) is 4. The maximum Gasteiger partial charge on any atom is 0.254 e. The second-order valence-corrected chi connectivity index (χ2v) is 8.27. The smallest absolute Gasteiger partial charge is 0.254 e. The highest BCUT2D eigenvalue weighted by molar-refractivity contribution is 5.95. The molecule has 1 saturated heterocycles. The average molecular weight is 419 g/mol. The molecule has 6 nitrogen and oxygen atoms in total. The van der Waals surface area contributed by atoms with E-state index in [1.807, 2.05) is 71.2 Å². The molecule has 31 heavy (non-hydrogen) atoms. The van der Waals surface area contributed by atoms with E-state index in [0.29, 0.717) is 12.1 Å². The van der Waals surface area contributed by atoms with Crippen LogP contribution >= 0.6 is 0 Å². The SMILES string of the molecule is COc1ccc(CN(C(=O)c2ccc(C)c(-n3cccn3)c2)C2CCN(C)CC2)cc1. The van der Waals surface area contributed by atoms with Crippen LogP contribution in [0.4, 0.5) is 0 Å². The molecule has 1 aliphatic rings. The number of rotatable bonds is 6. The Labute approximate surface area is 184 Å². The first-order valence-corrected chi connectivity index (χ1v) is 10.8. The van der Waals surface area contributed by atoms with Gasteiger partial charge >= 0.3 is 0 Å². The van der Waals surface area contributed by atoms with Crippen molar-refractivity contribution in [3.05, 3.63) is 77.6 Å². The average Bonchev–Trinajstić information content (AvgIpc) is 3.33. The van der Waals surface area contributed by atoms with Crippen LogP contribution in [0.1, 0.15) is 34.3 Å². The first-order valence-electron chi connectivity index (χ1n) is 10.8. The van der Waals surface area contributed by atoms with Crippen molar-refractivity contribution in [3.63, 3.8) is 0 Å². The van der Waals surface area contributed by atoms with E-state index in [1.54, 1.807) is 13.3 Å². The molecule has 0 N–H and O–H groups in total. The molecular weight excluding hydrogens is 388 g/mol. The second-order valence-electron chi connectivity index (χ2n) is 8.27. The molecule has 0 bridgehead atoms. The van der Waals surface area contributed by atoms with Crippen LogP contribution in [0.5, 0.6) is 5.75 Å². The summed E-state index contributed by atoms with van der Waals surface area (Å²) in [5.74, 6) is 0.891. The Morgan fingerprint density at radius 1 is 1.16 bits per heavy atom. The zero-order valence-corrected chi connectivity index (χ0v) is 18.5. The Morgan fingerprint density at radius 3 is 2.55 bits per heavy atom. The number of hydrogen-bond donors (Lipinski definition) is 0. The van der Waals surface area contributed by atoms with Crippen LogP contribution in [-0.2, 0) is 6.54 Å². The van der Waals surface area contributed by atoms with Crippen LogP contribution in [0.25, 0.3) is 5.69 Å². The number of likely N-dealkylation sites (tertiary alicyclic amines) is 1. The van der Waals surface area contributed by atoms with Crippen molar-refractivity contribution in [2.24, 2.45) is 0 Å². The van der Waals surface area contributed by atoms with Gasteiger partial charge in [-0.1, -0.05) is 18.2 Å². The topological polar surface area (TPSA) is 50.6 Å². The lowest BCUT2D eigenvalue weighted by atomic mass is 10.0. The van der Waals surface area contributed by atoms with Gasteiger partial charge in [0, 0.05) is 30.5 Å². The van der Waals surface area contributed by atoms with E-state index < -0.39 is 0 Å². The van der Waals surface area contributed by atoms with E-state index in [4.69, 9.17) is 4.74 Å². The Hall–Kier alpha value is -3.12. The van der Waals surface area contributed by atoms with Crippen LogP contribution < -0.4 is 4.74 Å². The summed E-state index contributed by atoms with van der Waals surface area (Å²) in [5, 5.41) is 4.35. The number of piperidine rings is 1. The Kier molecular flexibility index (Phi) is 6.37. The van der Waals surface area contributed by atoms with Gasteiger partial charge in [0.25, 0.3) is 5.91 Å². The van der Waals surface area contributed by atoms with E-state index in [9.17, 15) is 4.79 Å². The Morgan fingerprint density at radius 2 is 1.90 bits per heavy atom. The Balaban J connectivity index is 1.64. The fourth-order valence-corrected chi connectivity index (χ4v) is 4.17. The minimum absolute atomic E-state index is 0.0683. The van der Waals surface area contributed by atoms with Gasteiger partial charge in [-0.15, -0.1) is 0 Å². The summed E-state index contributed by atoms with van der Waals surface area (Å²) in [6.07, 6.45) is 5.62. The van der Waals surface area contributed by atoms with Crippen molar-refractivity contribution >= 4 is 5.91 Å². The summed E-state index contributed by atoms with van der Waals surface area (Å²) >= 11 is 0. The van der Waals surface area contributed by atoms with Crippen LogP contribution in [0, 0.1) is 6.92 Å². The summed E-state index contributed by atoms with van der Waals surface area (Å²) in [6, 6.07) is 16.0. The lowest BCUT2D eigenvalue weighted by Gasteiger charge is -2.37. The van der Waals surface area contributed by atoms with Crippen molar-refractivity contribution < 1.29 is 9.53 Å². The molecule has 4 rings (SSSR count). The number of benzene rings is 2. The van der Waals surface area contributed by atoms with E-state index in [1.165, 1.54) is 0 Å². The fraction of sp³-hybridized carbons (Fsp3) is 0.360. The molecule has 1 amide bonds. The van der Waals surface area contributed by atoms with Crippen molar-refractivity contribution in [1.82, 2.24) is 19.6 Å². The number of amides is 1. The quantitative estimate of drug-likeness (QED) is 0.609. The molecule has 0 unspecified atom stereocenters. The molecular formula is C25H30N4O2. The predicted molar refractivity (Wildman–Crippen MR) is 122 cm³/mol. The molecule has 0 spiro atoms. The molecule has 1 fully saturated rings. The number of carbonyl (C=O) groups excluding carboxylic acids is 1. The molecule has 2 aromatic carbocycles. The fourth-order valence-electron chi connectivity index (χ4n) is 4.17. The van der Waals surface area contributed by atoms with Gasteiger partial charge in [0.15, 0.2) is 0 Å². The molecule has 1 aromatic heterocycles. The van der Waals surface area contributed by atoms with Crippen molar-refractivity contribution in [2.75, 3.05) is 27.2 Å². The summed E-state index contributed by atoms with van der Waals surface area (Å²) in [6.45, 7) is 4.63. The molecule has 0 aliphatic carbocycles. The summed E-state index contributed by atoms with van der Waals surface area (Å²) in [4.78, 5) is 18.1. The van der Waals surface area contributed by atoms with E-state index in [0.717, 1.165) is 48.5 Å². The van der Waals surface area contributed by atoms with Crippen LogP contribution in [-0.4, -0.2) is 58.8 Å². The number of ether oxygens (including phenoxy) is 1. The van der Waals surface area contributed by atoms with Crippen LogP contribution in [0.2, 0.25) is 0 Å². The summed E-state index contributed by atoms with van der Waals surface area (Å²) < 4.78 is 7.10. The van der Waals surface area contributed by atoms with E-state index in [2.05, 4.69) is 17.0 Å². The van der Waals surface area contributed by atoms with Crippen LogP contribution in [0.3, 0.4) is 0 Å². The highest BCUT2D eigenvalue weighted by atomic mass is 16.5. The molecule has 3 aromatic rings. The van der Waals surface area contributed by atoms with Crippen molar-refractivity contribution in [2.45, 2.75) is 32.4 Å². The summed E-state index contributed by atoms with van der Waals surface area (Å²) in [7, 11) is 3.81. The van der Waals surface area contributed by atoms with Gasteiger partial charge in [-0.2, -0.15) is 5.10 Å². The molecule has 2 heterocycles. The molecule has 0 radical (unpaired) electrons. The van der Waals surface area contributed by atoms with Crippen molar-refractivity contribution in [1.29, 1.82) is 0 Å². The Bertz CT molecular complexity index is 1010. The lowest BCUT2D eigenvalue weighted by Crippen LogP contribution is -2.46. The van der Waals surface area contributed by atoms with Gasteiger partial charge in [0.2, 0.25) is 0 Å². The monoisotopic (exact) mass is 418 g/mol. The van der Waals surface area contributed by atoms with Crippen LogP contribution in [0.15, 0.2) is 60.9 Å². The molecule has 1 aliphatic heterocycles. The second kappa shape index (κ2) is 9.35. The number of aryl methyl sites for hydroxylation is 1. The zero-order chi connectivity index (χ0) is 21.8. The lowest BCUT2D eigenvalue weighted by molar-refractivity contribution is 0.0569. The number of aromatic nitrogens is 2. The largest absolute Gasteiger partial charge is 0.497 e. The third-order valence-corrected chi connectivity index (χ3v) is 6.11. The zero-order valence-electron chi connectivity index (χ0n) is 18.5. The number of nitrogens with zero attached hydrogens (tertiary/aromatic N) is 4. The van der Waals surface area contributed by atoms with Gasteiger partial charge in [0.05, 0.1) is 12.8 Å². The van der Waals surface area contributed by atoms with Gasteiger partial charge in [0.1, 0.15) is 5.75 Å². The predicted octanol–water partition coefficient (Wildman–Crippen LogP) is 3.93. The van der Waals surface area contributed by atoms with E-state index in [-0.39, 0.29) is 11.9 Å². The first-order chi connectivity index (χ1) is 15.0. The van der Waals surface area contributed by atoms with Gasteiger partial charge in [-0.05, 0) is 81.4 Å². The molecule has 6 heteroatoms. The van der Waals surface area contributed by atoms with Crippen molar-refractivity contribution in [3.8, 4) is 11.4 Å². The minimum Gasteiger partial charge on any atom is -0.497 e. The molecule has 0 atom stereocenters.